The molecule has 0 unspecified atom stereocenters. The average molecular weight is 452 g/mol. The molecule has 0 atom stereocenters. The fraction of sp³-hybridized carbons (Fsp3) is 0.174. The molecule has 9 heteroatoms. The minimum absolute atomic E-state index is 0.0599. The van der Waals surface area contributed by atoms with Gasteiger partial charge in [-0.1, -0.05) is 48.5 Å². The molecular weight excluding hydrogens is 429 g/mol. The van der Waals surface area contributed by atoms with Crippen LogP contribution in [0.15, 0.2) is 84.0 Å². The van der Waals surface area contributed by atoms with Crippen molar-refractivity contribution in [3.05, 3.63) is 102 Å². The highest BCUT2D eigenvalue weighted by Gasteiger charge is 2.26. The zero-order chi connectivity index (χ0) is 22.6. The normalized spacial score (nSPS) is 11.7. The second-order valence-electron chi connectivity index (χ2n) is 7.37. The van der Waals surface area contributed by atoms with Crippen LogP contribution in [0.3, 0.4) is 0 Å². The number of sulfonamides is 1. The van der Waals surface area contributed by atoms with Gasteiger partial charge in [0.2, 0.25) is 10.0 Å². The summed E-state index contributed by atoms with van der Waals surface area (Å²) in [6, 6.07) is 20.6. The summed E-state index contributed by atoms with van der Waals surface area (Å²) in [6.45, 7) is 1.95. The highest BCUT2D eigenvalue weighted by atomic mass is 32.2. The van der Waals surface area contributed by atoms with Crippen LogP contribution in [0.25, 0.3) is 5.69 Å². The van der Waals surface area contributed by atoms with Crippen molar-refractivity contribution >= 4 is 10.0 Å². The van der Waals surface area contributed by atoms with Gasteiger partial charge < -0.3 is 0 Å². The van der Waals surface area contributed by atoms with Crippen LogP contribution in [0.1, 0.15) is 16.7 Å². The van der Waals surface area contributed by atoms with Gasteiger partial charge in [0.15, 0.2) is 0 Å². The molecule has 0 N–H and O–H groups in total. The molecule has 0 bridgehead atoms. The van der Waals surface area contributed by atoms with Gasteiger partial charge in [-0.2, -0.15) is 4.31 Å². The van der Waals surface area contributed by atoms with Crippen LogP contribution in [0.4, 0.5) is 4.39 Å². The molecule has 32 heavy (non-hydrogen) atoms. The van der Waals surface area contributed by atoms with Gasteiger partial charge >= 0.3 is 0 Å². The molecule has 0 fully saturated rings. The number of rotatable bonds is 8. The largest absolute Gasteiger partial charge is 0.243 e. The van der Waals surface area contributed by atoms with E-state index in [9.17, 15) is 12.8 Å². The Labute approximate surface area is 186 Å². The zero-order valence-corrected chi connectivity index (χ0v) is 18.3. The van der Waals surface area contributed by atoms with Crippen molar-refractivity contribution < 1.29 is 12.8 Å². The van der Waals surface area contributed by atoms with E-state index in [-0.39, 0.29) is 18.0 Å². The lowest BCUT2D eigenvalue weighted by atomic mass is 10.1. The first kappa shape index (κ1) is 21.8. The maximum absolute atomic E-state index is 14.3. The van der Waals surface area contributed by atoms with E-state index in [0.29, 0.717) is 23.2 Å². The van der Waals surface area contributed by atoms with E-state index in [2.05, 4.69) is 15.5 Å². The van der Waals surface area contributed by atoms with E-state index >= 15 is 0 Å². The highest BCUT2D eigenvalue weighted by Crippen LogP contribution is 2.24. The van der Waals surface area contributed by atoms with E-state index in [1.807, 2.05) is 30.3 Å². The first-order valence-electron chi connectivity index (χ1n) is 10.1. The minimum Gasteiger partial charge on any atom is -0.207 e. The second kappa shape index (κ2) is 9.37. The Morgan fingerprint density at radius 2 is 1.75 bits per heavy atom. The van der Waals surface area contributed by atoms with Crippen molar-refractivity contribution in [1.82, 2.24) is 24.5 Å². The number of hydrogen-bond donors (Lipinski definition) is 0. The lowest BCUT2D eigenvalue weighted by Gasteiger charge is -2.23. The van der Waals surface area contributed by atoms with E-state index in [4.69, 9.17) is 0 Å². The molecule has 0 aliphatic heterocycles. The molecule has 3 aromatic carbocycles. The second-order valence-corrected chi connectivity index (χ2v) is 9.31. The quantitative estimate of drug-likeness (QED) is 0.409. The fourth-order valence-corrected chi connectivity index (χ4v) is 4.97. The Morgan fingerprint density at radius 3 is 2.44 bits per heavy atom. The van der Waals surface area contributed by atoms with Gasteiger partial charge in [-0.15, -0.1) is 5.10 Å². The molecule has 0 saturated carbocycles. The summed E-state index contributed by atoms with van der Waals surface area (Å²) in [5.74, 6) is -0.433. The van der Waals surface area contributed by atoms with Crippen molar-refractivity contribution in [1.29, 1.82) is 0 Å². The van der Waals surface area contributed by atoms with Crippen molar-refractivity contribution in [3.63, 3.8) is 0 Å². The standard InChI is InChI=1S/C23H22FN5O2S/c1-18-15-21(11-12-23(18)29-17-25-26-27-29)32(30,31)28(14-13-19-7-3-2-4-8-19)16-20-9-5-6-10-22(20)24/h2-12,15,17H,13-14,16H2,1H3. The Bertz CT molecular complexity index is 1300. The lowest BCUT2D eigenvalue weighted by molar-refractivity contribution is 0.402. The Balaban J connectivity index is 1.66. The molecule has 4 rings (SSSR count). The minimum atomic E-state index is -3.89. The summed E-state index contributed by atoms with van der Waals surface area (Å²) >= 11 is 0. The van der Waals surface area contributed by atoms with Crippen LogP contribution in [0.2, 0.25) is 0 Å². The molecular formula is C23H22FN5O2S. The predicted octanol–water partition coefficient (Wildman–Crippen LogP) is 3.54. The van der Waals surface area contributed by atoms with Crippen LogP contribution in [-0.4, -0.2) is 39.5 Å². The topological polar surface area (TPSA) is 81.0 Å². The van der Waals surface area contributed by atoms with Gasteiger partial charge in [0, 0.05) is 18.7 Å². The summed E-state index contributed by atoms with van der Waals surface area (Å²) in [5.41, 5.74) is 2.71. The van der Waals surface area contributed by atoms with Gasteiger partial charge in [0.25, 0.3) is 0 Å². The molecule has 1 heterocycles. The Kier molecular flexibility index (Phi) is 6.38. The SMILES string of the molecule is Cc1cc(S(=O)(=O)N(CCc2ccccc2)Cc2ccccc2F)ccc1-n1cnnn1. The van der Waals surface area contributed by atoms with Crippen molar-refractivity contribution in [2.45, 2.75) is 24.8 Å². The Morgan fingerprint density at radius 1 is 1.00 bits per heavy atom. The molecule has 0 radical (unpaired) electrons. The smallest absolute Gasteiger partial charge is 0.207 e. The molecule has 7 nitrogen and oxygen atoms in total. The first-order valence-corrected chi connectivity index (χ1v) is 11.5. The molecule has 4 aromatic rings. The van der Waals surface area contributed by atoms with Crippen molar-refractivity contribution in [2.75, 3.05) is 6.54 Å². The highest BCUT2D eigenvalue weighted by molar-refractivity contribution is 7.89. The summed E-state index contributed by atoms with van der Waals surface area (Å²) in [4.78, 5) is 0.135. The third-order valence-corrected chi connectivity index (χ3v) is 7.04. The first-order chi connectivity index (χ1) is 15.4. The fourth-order valence-electron chi connectivity index (χ4n) is 3.47. The zero-order valence-electron chi connectivity index (χ0n) is 17.5. The number of nitrogens with zero attached hydrogens (tertiary/aromatic N) is 5. The number of aromatic nitrogens is 4. The van der Waals surface area contributed by atoms with Gasteiger partial charge in [0.1, 0.15) is 12.1 Å². The number of benzene rings is 3. The van der Waals surface area contributed by atoms with Crippen molar-refractivity contribution in [2.24, 2.45) is 0 Å². The molecule has 1 aromatic heterocycles. The third kappa shape index (κ3) is 4.74. The van der Waals surface area contributed by atoms with Gasteiger partial charge in [0.05, 0.1) is 10.6 Å². The maximum Gasteiger partial charge on any atom is 0.243 e. The molecule has 0 aliphatic carbocycles. The molecule has 0 aliphatic rings. The van der Waals surface area contributed by atoms with Gasteiger partial charge in [-0.25, -0.2) is 17.5 Å². The van der Waals surface area contributed by atoms with Crippen LogP contribution >= 0.6 is 0 Å². The molecule has 0 spiro atoms. The molecule has 0 saturated heterocycles. The van der Waals surface area contributed by atoms with Crippen LogP contribution < -0.4 is 0 Å². The molecule has 0 amide bonds. The predicted molar refractivity (Wildman–Crippen MR) is 118 cm³/mol. The van der Waals surface area contributed by atoms with Crippen LogP contribution in [0, 0.1) is 12.7 Å². The summed E-state index contributed by atoms with van der Waals surface area (Å²) in [6.07, 6.45) is 1.96. The lowest BCUT2D eigenvalue weighted by Crippen LogP contribution is -2.33. The Hall–Kier alpha value is -3.43. The summed E-state index contributed by atoms with van der Waals surface area (Å²) in [5, 5.41) is 11.1. The monoisotopic (exact) mass is 451 g/mol. The molecule has 164 valence electrons. The van der Waals surface area contributed by atoms with Gasteiger partial charge in [-0.05, 0) is 59.2 Å². The number of halogens is 1. The van der Waals surface area contributed by atoms with Crippen molar-refractivity contribution in [3.8, 4) is 5.69 Å². The summed E-state index contributed by atoms with van der Waals surface area (Å²) < 4.78 is 44.3. The average Bonchev–Trinajstić information content (AvgIpc) is 3.33. The van der Waals surface area contributed by atoms with Crippen LogP contribution in [0.5, 0.6) is 0 Å². The number of tetrazole rings is 1. The van der Waals surface area contributed by atoms with Gasteiger partial charge in [-0.3, -0.25) is 0 Å². The van der Waals surface area contributed by atoms with E-state index in [0.717, 1.165) is 5.56 Å². The van der Waals surface area contributed by atoms with E-state index in [1.54, 1.807) is 37.3 Å². The van der Waals surface area contributed by atoms with E-state index < -0.39 is 15.8 Å². The van der Waals surface area contributed by atoms with Crippen LogP contribution in [-0.2, 0) is 23.0 Å². The number of aryl methyl sites for hydroxylation is 1. The maximum atomic E-state index is 14.3. The third-order valence-electron chi connectivity index (χ3n) is 5.20. The summed E-state index contributed by atoms with van der Waals surface area (Å²) in [7, 11) is -3.89. The van der Waals surface area contributed by atoms with E-state index in [1.165, 1.54) is 27.4 Å². The number of hydrogen-bond acceptors (Lipinski definition) is 5.